The van der Waals surface area contributed by atoms with Crippen molar-refractivity contribution in [2.24, 2.45) is 20.9 Å². The van der Waals surface area contributed by atoms with Gasteiger partial charge in [0.25, 0.3) is 15.7 Å². The number of nitrogens with zero attached hydrogens (tertiary/aromatic N) is 3. The molecule has 0 aromatic heterocycles. The van der Waals surface area contributed by atoms with E-state index in [4.69, 9.17) is 11.5 Å². The summed E-state index contributed by atoms with van der Waals surface area (Å²) in [5.74, 6) is -0.562. The molecule has 0 unspecified atom stereocenters. The van der Waals surface area contributed by atoms with Crippen LogP contribution in [0.1, 0.15) is 5.56 Å². The van der Waals surface area contributed by atoms with E-state index in [0.717, 1.165) is 0 Å². The minimum atomic E-state index is -3.96. The molecule has 0 aliphatic carbocycles. The molecule has 0 saturated heterocycles. The van der Waals surface area contributed by atoms with E-state index in [1.165, 1.54) is 36.5 Å². The van der Waals surface area contributed by atoms with Gasteiger partial charge in [0.05, 0.1) is 21.1 Å². The first-order chi connectivity index (χ1) is 11.3. The van der Waals surface area contributed by atoms with Gasteiger partial charge in [-0.15, -0.1) is 4.40 Å². The van der Waals surface area contributed by atoms with Gasteiger partial charge in [-0.3, -0.25) is 15.1 Å². The Morgan fingerprint density at radius 2 is 1.71 bits per heavy atom. The number of nitro benzene ring substituents is 1. The van der Waals surface area contributed by atoms with Crippen molar-refractivity contribution < 1.29 is 13.3 Å². The number of hydrogen-bond acceptors (Lipinski definition) is 5. The molecule has 0 radical (unpaired) electrons. The lowest BCUT2D eigenvalue weighted by molar-refractivity contribution is -0.385. The van der Waals surface area contributed by atoms with Gasteiger partial charge < -0.3 is 11.5 Å². The summed E-state index contributed by atoms with van der Waals surface area (Å²) in [6, 6.07) is 11.6. The topological polar surface area (TPSA) is 154 Å². The lowest BCUT2D eigenvalue weighted by Crippen LogP contribution is -2.24. The van der Waals surface area contributed by atoms with Gasteiger partial charge in [0.1, 0.15) is 0 Å². The van der Waals surface area contributed by atoms with Gasteiger partial charge >= 0.3 is 0 Å². The molecule has 2 rings (SSSR count). The Morgan fingerprint density at radius 3 is 2.29 bits per heavy atom. The smallest absolute Gasteiger partial charge is 0.285 e. The van der Waals surface area contributed by atoms with E-state index in [2.05, 4.69) is 9.39 Å². The summed E-state index contributed by atoms with van der Waals surface area (Å²) in [4.78, 5) is 14.4. The Labute approximate surface area is 137 Å². The summed E-state index contributed by atoms with van der Waals surface area (Å²) >= 11 is 0. The van der Waals surface area contributed by atoms with Crippen LogP contribution in [0.2, 0.25) is 0 Å². The highest BCUT2D eigenvalue weighted by Crippen LogP contribution is 2.20. The summed E-state index contributed by atoms with van der Waals surface area (Å²) in [5.41, 5.74) is 10.8. The van der Waals surface area contributed by atoms with Gasteiger partial charge in [0, 0.05) is 12.3 Å². The van der Waals surface area contributed by atoms with Crippen LogP contribution >= 0.6 is 0 Å². The Kier molecular flexibility index (Phi) is 4.90. The van der Waals surface area contributed by atoms with Crippen LogP contribution < -0.4 is 11.5 Å². The first-order valence-corrected chi connectivity index (χ1v) is 7.97. The SMILES string of the molecule is NC(N)=NS(=O)(=O)c1ccc(N=Cc2ccccc2[N+](=O)[O-])cc1. The van der Waals surface area contributed by atoms with Crippen LogP contribution in [-0.2, 0) is 10.0 Å². The number of nitrogens with two attached hydrogens (primary N) is 2. The van der Waals surface area contributed by atoms with Crippen molar-refractivity contribution >= 4 is 33.6 Å². The minimum absolute atomic E-state index is 0.0757. The number of benzene rings is 2. The molecule has 0 amide bonds. The number of hydrogen-bond donors (Lipinski definition) is 2. The van der Waals surface area contributed by atoms with Crippen molar-refractivity contribution in [3.63, 3.8) is 0 Å². The monoisotopic (exact) mass is 347 g/mol. The molecule has 0 fully saturated rings. The fraction of sp³-hybridized carbons (Fsp3) is 0. The normalized spacial score (nSPS) is 11.3. The molecule has 2 aromatic rings. The fourth-order valence-corrected chi connectivity index (χ4v) is 2.67. The van der Waals surface area contributed by atoms with Gasteiger partial charge in [0.15, 0.2) is 0 Å². The van der Waals surface area contributed by atoms with E-state index in [9.17, 15) is 18.5 Å². The van der Waals surface area contributed by atoms with E-state index >= 15 is 0 Å². The fourth-order valence-electron chi connectivity index (χ4n) is 1.80. The van der Waals surface area contributed by atoms with Gasteiger partial charge in [-0.1, -0.05) is 12.1 Å². The summed E-state index contributed by atoms with van der Waals surface area (Å²) in [6.07, 6.45) is 1.33. The molecule has 0 heterocycles. The van der Waals surface area contributed by atoms with Crippen molar-refractivity contribution in [1.29, 1.82) is 0 Å². The quantitative estimate of drug-likeness (QED) is 0.359. The molecule has 0 aliphatic rings. The molecule has 0 bridgehead atoms. The van der Waals surface area contributed by atoms with E-state index in [0.29, 0.717) is 11.3 Å². The van der Waals surface area contributed by atoms with E-state index in [-0.39, 0.29) is 10.6 Å². The maximum absolute atomic E-state index is 11.8. The van der Waals surface area contributed by atoms with Crippen LogP contribution in [0.5, 0.6) is 0 Å². The number of rotatable bonds is 5. The average molecular weight is 347 g/mol. The van der Waals surface area contributed by atoms with Crippen LogP contribution in [-0.4, -0.2) is 25.5 Å². The maximum atomic E-state index is 11.8. The molecule has 4 N–H and O–H groups in total. The summed E-state index contributed by atoms with van der Waals surface area (Å²) in [6.45, 7) is 0. The molecule has 10 heteroatoms. The molecule has 2 aromatic carbocycles. The van der Waals surface area contributed by atoms with Gasteiger partial charge in [-0.05, 0) is 30.3 Å². The lowest BCUT2D eigenvalue weighted by Gasteiger charge is -2.00. The number of aliphatic imine (C=N–C) groups is 1. The van der Waals surface area contributed by atoms with Crippen molar-refractivity contribution in [2.75, 3.05) is 0 Å². The third kappa shape index (κ3) is 4.14. The second-order valence-electron chi connectivity index (χ2n) is 4.56. The Morgan fingerprint density at radius 1 is 1.08 bits per heavy atom. The molecule has 124 valence electrons. The second kappa shape index (κ2) is 6.87. The Hall–Kier alpha value is -3.27. The zero-order valence-electron chi connectivity index (χ0n) is 12.2. The van der Waals surface area contributed by atoms with Gasteiger partial charge in [0.2, 0.25) is 5.96 Å². The first-order valence-electron chi connectivity index (χ1n) is 6.53. The molecular formula is C14H13N5O4S. The molecule has 24 heavy (non-hydrogen) atoms. The van der Waals surface area contributed by atoms with E-state index < -0.39 is 20.9 Å². The highest BCUT2D eigenvalue weighted by molar-refractivity contribution is 7.90. The zero-order valence-corrected chi connectivity index (χ0v) is 13.1. The predicted octanol–water partition coefficient (Wildman–Crippen LogP) is 1.31. The second-order valence-corrected chi connectivity index (χ2v) is 6.16. The predicted molar refractivity (Wildman–Crippen MR) is 89.8 cm³/mol. The van der Waals surface area contributed by atoms with Crippen molar-refractivity contribution in [2.45, 2.75) is 4.90 Å². The third-order valence-corrected chi connectivity index (χ3v) is 4.17. The molecule has 0 aliphatic heterocycles. The molecule has 9 nitrogen and oxygen atoms in total. The number of sulfonamides is 1. The first kappa shape index (κ1) is 17.1. The number of nitro groups is 1. The molecule has 0 saturated carbocycles. The van der Waals surface area contributed by atoms with E-state index in [1.54, 1.807) is 18.2 Å². The number of para-hydroxylation sites is 1. The highest BCUT2D eigenvalue weighted by atomic mass is 32.2. The highest BCUT2D eigenvalue weighted by Gasteiger charge is 2.13. The van der Waals surface area contributed by atoms with Crippen LogP contribution in [0.15, 0.2) is 62.8 Å². The van der Waals surface area contributed by atoms with Crippen molar-refractivity contribution in [1.82, 2.24) is 0 Å². The van der Waals surface area contributed by atoms with Gasteiger partial charge in [-0.2, -0.15) is 8.42 Å². The third-order valence-electron chi connectivity index (χ3n) is 2.85. The molecule has 0 spiro atoms. The van der Waals surface area contributed by atoms with Gasteiger partial charge in [-0.25, -0.2) is 0 Å². The minimum Gasteiger partial charge on any atom is -0.369 e. The van der Waals surface area contributed by atoms with Crippen LogP contribution in [0.4, 0.5) is 11.4 Å². The lowest BCUT2D eigenvalue weighted by atomic mass is 10.2. The Balaban J connectivity index is 2.27. The zero-order chi connectivity index (χ0) is 17.7. The molecular weight excluding hydrogens is 334 g/mol. The van der Waals surface area contributed by atoms with Crippen LogP contribution in [0.3, 0.4) is 0 Å². The summed E-state index contributed by atoms with van der Waals surface area (Å²) in [5, 5.41) is 10.9. The number of guanidine groups is 1. The van der Waals surface area contributed by atoms with Crippen LogP contribution in [0, 0.1) is 10.1 Å². The van der Waals surface area contributed by atoms with Crippen LogP contribution in [0.25, 0.3) is 0 Å². The summed E-state index contributed by atoms with van der Waals surface area (Å²) < 4.78 is 26.7. The summed E-state index contributed by atoms with van der Waals surface area (Å²) in [7, 11) is -3.96. The largest absolute Gasteiger partial charge is 0.369 e. The van der Waals surface area contributed by atoms with E-state index in [1.807, 2.05) is 0 Å². The standard InChI is InChI=1S/C14H13N5O4S/c15-14(16)18-24(22,23)12-7-5-11(6-8-12)17-9-10-3-1-2-4-13(10)19(20)21/h1-9H,(H4,15,16,18). The molecule has 0 atom stereocenters. The maximum Gasteiger partial charge on any atom is 0.285 e. The Bertz CT molecular complexity index is 916. The average Bonchev–Trinajstić information content (AvgIpc) is 2.52. The van der Waals surface area contributed by atoms with Crippen molar-refractivity contribution in [3.8, 4) is 0 Å². The van der Waals surface area contributed by atoms with Crippen molar-refractivity contribution in [3.05, 3.63) is 64.2 Å².